The Balaban J connectivity index is 1.97. The quantitative estimate of drug-likeness (QED) is 0.901. The Morgan fingerprint density at radius 3 is 3.06 bits per heavy atom. The van der Waals surface area contributed by atoms with Crippen molar-refractivity contribution in [3.8, 4) is 0 Å². The summed E-state index contributed by atoms with van der Waals surface area (Å²) in [4.78, 5) is 4.17. The van der Waals surface area contributed by atoms with E-state index in [1.807, 2.05) is 17.7 Å². The van der Waals surface area contributed by atoms with Gasteiger partial charge in [0.05, 0.1) is 6.10 Å². The molecule has 0 spiro atoms. The topological polar surface area (TPSA) is 38.0 Å². The molecule has 0 saturated heterocycles. The number of hydrogen-bond donors (Lipinski definition) is 1. The smallest absolute Gasteiger partial charge is 0.248 e. The predicted octanol–water partition coefficient (Wildman–Crippen LogP) is 2.63. The number of rotatable bonds is 4. The monoisotopic (exact) mass is 258 g/mol. The van der Waals surface area contributed by atoms with Crippen LogP contribution in [0, 0.1) is 5.92 Å². The van der Waals surface area contributed by atoms with Gasteiger partial charge >= 0.3 is 0 Å². The average molecular weight is 258 g/mol. The average Bonchev–Trinajstić information content (AvgIpc) is 2.75. The van der Waals surface area contributed by atoms with E-state index in [-0.39, 0.29) is 18.8 Å². The van der Waals surface area contributed by atoms with Crippen molar-refractivity contribution in [2.45, 2.75) is 57.6 Å². The molecule has 1 N–H and O–H groups in total. The first-order chi connectivity index (χ1) is 8.52. The molecular formula is C13H20F2N2O. The van der Waals surface area contributed by atoms with Crippen LogP contribution in [-0.4, -0.2) is 26.7 Å². The highest BCUT2D eigenvalue weighted by atomic mass is 19.3. The highest BCUT2D eigenvalue weighted by molar-refractivity contribution is 4.96. The fraction of sp³-hybridized carbons (Fsp3) is 0.769. The number of halogens is 2. The van der Waals surface area contributed by atoms with Gasteiger partial charge in [0.1, 0.15) is 5.82 Å². The molecule has 1 aromatic heterocycles. The van der Waals surface area contributed by atoms with Crippen molar-refractivity contribution in [1.29, 1.82) is 0 Å². The van der Waals surface area contributed by atoms with Crippen molar-refractivity contribution in [1.82, 2.24) is 9.55 Å². The lowest BCUT2D eigenvalue weighted by molar-refractivity contribution is -0.0755. The molecule has 0 aliphatic heterocycles. The summed E-state index contributed by atoms with van der Waals surface area (Å²) in [6, 6.07) is 0. The minimum Gasteiger partial charge on any atom is -0.392 e. The van der Waals surface area contributed by atoms with Gasteiger partial charge in [0, 0.05) is 38.2 Å². The zero-order valence-electron chi connectivity index (χ0n) is 10.6. The van der Waals surface area contributed by atoms with Gasteiger partial charge in [-0.1, -0.05) is 0 Å². The summed E-state index contributed by atoms with van der Waals surface area (Å²) < 4.78 is 28.5. The van der Waals surface area contributed by atoms with Gasteiger partial charge in [-0.25, -0.2) is 13.8 Å². The van der Waals surface area contributed by atoms with Crippen LogP contribution in [0.25, 0.3) is 0 Å². The summed E-state index contributed by atoms with van der Waals surface area (Å²) >= 11 is 0. The second-order valence-electron chi connectivity index (χ2n) is 5.11. The Morgan fingerprint density at radius 2 is 2.39 bits per heavy atom. The van der Waals surface area contributed by atoms with Crippen LogP contribution < -0.4 is 0 Å². The molecule has 0 bridgehead atoms. The molecule has 2 unspecified atom stereocenters. The Bertz CT molecular complexity index is 392. The number of nitrogens with zero attached hydrogens (tertiary/aromatic N) is 2. The molecule has 1 aliphatic rings. The van der Waals surface area contributed by atoms with Gasteiger partial charge in [-0.05, 0) is 25.7 Å². The van der Waals surface area contributed by atoms with Gasteiger partial charge in [0.2, 0.25) is 5.92 Å². The molecule has 18 heavy (non-hydrogen) atoms. The molecule has 1 heterocycles. The summed E-state index contributed by atoms with van der Waals surface area (Å²) in [6.45, 7) is 2.77. The Labute approximate surface area is 106 Å². The third-order valence-corrected chi connectivity index (χ3v) is 3.76. The van der Waals surface area contributed by atoms with Crippen LogP contribution in [0.3, 0.4) is 0 Å². The highest BCUT2D eigenvalue weighted by Crippen LogP contribution is 2.38. The van der Waals surface area contributed by atoms with E-state index in [1.165, 1.54) is 0 Å². The number of hydrogen-bond acceptors (Lipinski definition) is 2. The normalized spacial score (nSPS) is 25.0. The number of aryl methyl sites for hydroxylation is 1. The Morgan fingerprint density at radius 1 is 1.61 bits per heavy atom. The maximum Gasteiger partial charge on any atom is 0.248 e. The second kappa shape index (κ2) is 5.34. The van der Waals surface area contributed by atoms with Crippen molar-refractivity contribution in [3.05, 3.63) is 18.2 Å². The van der Waals surface area contributed by atoms with Gasteiger partial charge < -0.3 is 9.67 Å². The Hall–Kier alpha value is -0.970. The molecule has 1 aromatic rings. The zero-order valence-corrected chi connectivity index (χ0v) is 10.6. The van der Waals surface area contributed by atoms with Crippen molar-refractivity contribution < 1.29 is 13.9 Å². The largest absolute Gasteiger partial charge is 0.392 e. The first-order valence-corrected chi connectivity index (χ1v) is 6.58. The Kier molecular flexibility index (Phi) is 4.00. The highest BCUT2D eigenvalue weighted by Gasteiger charge is 2.39. The third kappa shape index (κ3) is 3.07. The number of alkyl halides is 2. The van der Waals surface area contributed by atoms with Crippen LogP contribution in [0.1, 0.15) is 38.4 Å². The SMILES string of the molecule is CCn1ccnc1CC(O)C1CCCC(F)(F)C1. The van der Waals surface area contributed by atoms with Crippen LogP contribution in [0.15, 0.2) is 12.4 Å². The lowest BCUT2D eigenvalue weighted by Gasteiger charge is -2.31. The standard InChI is InChI=1S/C13H20F2N2O/c1-2-17-7-6-16-12(17)8-11(18)10-4-3-5-13(14,15)9-10/h6-7,10-11,18H,2-5,8-9H2,1H3. The molecule has 2 rings (SSSR count). The predicted molar refractivity (Wildman–Crippen MR) is 64.5 cm³/mol. The molecular weight excluding hydrogens is 238 g/mol. The van der Waals surface area contributed by atoms with Gasteiger partial charge in [-0.15, -0.1) is 0 Å². The van der Waals surface area contributed by atoms with Gasteiger partial charge in [-0.2, -0.15) is 0 Å². The number of imidazole rings is 1. The van der Waals surface area contributed by atoms with Gasteiger partial charge in [0.15, 0.2) is 0 Å². The first-order valence-electron chi connectivity index (χ1n) is 6.58. The molecule has 1 aliphatic carbocycles. The maximum atomic E-state index is 13.3. The molecule has 102 valence electrons. The van der Waals surface area contributed by atoms with Crippen molar-refractivity contribution in [2.24, 2.45) is 5.92 Å². The number of aromatic nitrogens is 2. The van der Waals surface area contributed by atoms with Crippen LogP contribution in [-0.2, 0) is 13.0 Å². The van der Waals surface area contributed by atoms with E-state index >= 15 is 0 Å². The number of aliphatic hydroxyl groups is 1. The van der Waals surface area contributed by atoms with E-state index in [4.69, 9.17) is 0 Å². The molecule has 5 heteroatoms. The fourth-order valence-corrected chi connectivity index (χ4v) is 2.71. The van der Waals surface area contributed by atoms with Crippen molar-refractivity contribution in [2.75, 3.05) is 0 Å². The molecule has 2 atom stereocenters. The fourth-order valence-electron chi connectivity index (χ4n) is 2.71. The summed E-state index contributed by atoms with van der Waals surface area (Å²) in [7, 11) is 0. The van der Waals surface area contributed by atoms with E-state index < -0.39 is 12.0 Å². The molecule has 0 radical (unpaired) electrons. The van der Waals surface area contributed by atoms with Gasteiger partial charge in [-0.3, -0.25) is 0 Å². The summed E-state index contributed by atoms with van der Waals surface area (Å²) in [5.41, 5.74) is 0. The van der Waals surface area contributed by atoms with E-state index in [1.54, 1.807) is 6.20 Å². The van der Waals surface area contributed by atoms with Crippen LogP contribution in [0.5, 0.6) is 0 Å². The molecule has 1 saturated carbocycles. The zero-order chi connectivity index (χ0) is 13.2. The summed E-state index contributed by atoms with van der Waals surface area (Å²) in [5, 5.41) is 10.1. The molecule has 1 fully saturated rings. The van der Waals surface area contributed by atoms with E-state index in [0.717, 1.165) is 12.4 Å². The number of aliphatic hydroxyl groups excluding tert-OH is 1. The van der Waals surface area contributed by atoms with Crippen LogP contribution in [0.4, 0.5) is 8.78 Å². The molecule has 0 aromatic carbocycles. The summed E-state index contributed by atoms with van der Waals surface area (Å²) in [6.07, 6.45) is 4.12. The lowest BCUT2D eigenvalue weighted by atomic mass is 9.82. The van der Waals surface area contributed by atoms with Crippen LogP contribution >= 0.6 is 0 Å². The minimum atomic E-state index is -2.61. The van der Waals surface area contributed by atoms with E-state index in [9.17, 15) is 13.9 Å². The first kappa shape index (κ1) is 13.5. The van der Waals surface area contributed by atoms with E-state index in [2.05, 4.69) is 4.98 Å². The minimum absolute atomic E-state index is 0.0419. The molecule has 3 nitrogen and oxygen atoms in total. The van der Waals surface area contributed by atoms with E-state index in [0.29, 0.717) is 19.3 Å². The maximum absolute atomic E-state index is 13.3. The molecule has 0 amide bonds. The second-order valence-corrected chi connectivity index (χ2v) is 5.11. The van der Waals surface area contributed by atoms with Crippen LogP contribution in [0.2, 0.25) is 0 Å². The summed E-state index contributed by atoms with van der Waals surface area (Å²) in [5.74, 6) is -2.14. The van der Waals surface area contributed by atoms with Crippen molar-refractivity contribution >= 4 is 0 Å². The third-order valence-electron chi connectivity index (χ3n) is 3.76. The van der Waals surface area contributed by atoms with Gasteiger partial charge in [0.25, 0.3) is 0 Å². The lowest BCUT2D eigenvalue weighted by Crippen LogP contribution is -2.34. The van der Waals surface area contributed by atoms with Crippen molar-refractivity contribution in [3.63, 3.8) is 0 Å².